The Morgan fingerprint density at radius 3 is 2.19 bits per heavy atom. The van der Waals surface area contributed by atoms with E-state index in [0.29, 0.717) is 5.56 Å². The van der Waals surface area contributed by atoms with Gasteiger partial charge in [0.2, 0.25) is 5.91 Å². The van der Waals surface area contributed by atoms with E-state index in [4.69, 9.17) is 0 Å². The minimum absolute atomic E-state index is 0.139. The first kappa shape index (κ1) is 15.1. The number of benzene rings is 2. The molecule has 0 aromatic heterocycles. The van der Waals surface area contributed by atoms with Gasteiger partial charge in [0.15, 0.2) is 0 Å². The van der Waals surface area contributed by atoms with Crippen LogP contribution in [-0.2, 0) is 11.3 Å². The lowest BCUT2D eigenvalue weighted by atomic mass is 10.2. The number of carbonyl (C=O) groups is 1. The number of amides is 1. The fraction of sp³-hybridized carbons (Fsp3) is 0.133. The fourth-order valence-corrected chi connectivity index (χ4v) is 1.75. The van der Waals surface area contributed by atoms with Crippen LogP contribution < -0.4 is 10.6 Å². The Balaban J connectivity index is 1.87. The van der Waals surface area contributed by atoms with Gasteiger partial charge in [0, 0.05) is 12.1 Å². The SMILES string of the molecule is O=C(CNCc1ccccc1F)Nc1c(F)cccc1F. The predicted molar refractivity (Wildman–Crippen MR) is 73.1 cm³/mol. The molecular weight excluding hydrogens is 281 g/mol. The van der Waals surface area contributed by atoms with Gasteiger partial charge in [0.1, 0.15) is 23.1 Å². The summed E-state index contributed by atoms with van der Waals surface area (Å²) in [6.07, 6.45) is 0. The van der Waals surface area contributed by atoms with Crippen molar-refractivity contribution in [3.8, 4) is 0 Å². The lowest BCUT2D eigenvalue weighted by Crippen LogP contribution is -2.28. The van der Waals surface area contributed by atoms with E-state index < -0.39 is 23.2 Å². The quantitative estimate of drug-likeness (QED) is 0.890. The van der Waals surface area contributed by atoms with Crippen LogP contribution in [0, 0.1) is 17.5 Å². The van der Waals surface area contributed by atoms with Crippen molar-refractivity contribution in [2.24, 2.45) is 0 Å². The van der Waals surface area contributed by atoms with Crippen LogP contribution in [0.5, 0.6) is 0 Å². The molecule has 2 rings (SSSR count). The van der Waals surface area contributed by atoms with Crippen LogP contribution >= 0.6 is 0 Å². The zero-order chi connectivity index (χ0) is 15.2. The summed E-state index contributed by atoms with van der Waals surface area (Å²) < 4.78 is 40.0. The molecule has 0 aliphatic heterocycles. The molecule has 6 heteroatoms. The average Bonchev–Trinajstić information content (AvgIpc) is 2.45. The van der Waals surface area contributed by atoms with Crippen LogP contribution in [0.15, 0.2) is 42.5 Å². The molecule has 0 heterocycles. The number of hydrogen-bond donors (Lipinski definition) is 2. The highest BCUT2D eigenvalue weighted by molar-refractivity contribution is 5.92. The van der Waals surface area contributed by atoms with E-state index >= 15 is 0 Å². The van der Waals surface area contributed by atoms with Crippen LogP contribution in [0.1, 0.15) is 5.56 Å². The van der Waals surface area contributed by atoms with E-state index in [1.54, 1.807) is 18.2 Å². The number of anilines is 1. The molecule has 0 aliphatic carbocycles. The van der Waals surface area contributed by atoms with Gasteiger partial charge in [-0.25, -0.2) is 13.2 Å². The number of hydrogen-bond acceptors (Lipinski definition) is 2. The van der Waals surface area contributed by atoms with Crippen LogP contribution in [0.3, 0.4) is 0 Å². The Hall–Kier alpha value is -2.34. The average molecular weight is 294 g/mol. The van der Waals surface area contributed by atoms with Crippen molar-refractivity contribution < 1.29 is 18.0 Å². The summed E-state index contributed by atoms with van der Waals surface area (Å²) in [5.74, 6) is -2.70. The van der Waals surface area contributed by atoms with Crippen molar-refractivity contribution in [3.05, 3.63) is 65.5 Å². The molecule has 0 atom stereocenters. The minimum atomic E-state index is -0.850. The first-order valence-corrected chi connectivity index (χ1v) is 6.26. The zero-order valence-corrected chi connectivity index (χ0v) is 11.0. The van der Waals surface area contributed by atoms with Gasteiger partial charge in [-0.3, -0.25) is 4.79 Å². The summed E-state index contributed by atoms with van der Waals surface area (Å²) in [4.78, 5) is 11.6. The molecule has 0 fully saturated rings. The second kappa shape index (κ2) is 6.90. The van der Waals surface area contributed by atoms with Crippen LogP contribution in [0.2, 0.25) is 0 Å². The molecule has 2 aromatic rings. The summed E-state index contributed by atoms with van der Waals surface area (Å²) in [5.41, 5.74) is -0.0856. The van der Waals surface area contributed by atoms with Crippen molar-refractivity contribution in [3.63, 3.8) is 0 Å². The van der Waals surface area contributed by atoms with E-state index in [2.05, 4.69) is 10.6 Å². The Labute approximate surface area is 119 Å². The number of nitrogens with one attached hydrogen (secondary N) is 2. The van der Waals surface area contributed by atoms with Gasteiger partial charge >= 0.3 is 0 Å². The molecule has 0 saturated carbocycles. The zero-order valence-electron chi connectivity index (χ0n) is 11.0. The molecule has 2 aromatic carbocycles. The maximum Gasteiger partial charge on any atom is 0.238 e. The highest BCUT2D eigenvalue weighted by Gasteiger charge is 2.11. The molecule has 0 radical (unpaired) electrons. The fourth-order valence-electron chi connectivity index (χ4n) is 1.75. The highest BCUT2D eigenvalue weighted by atomic mass is 19.1. The monoisotopic (exact) mass is 294 g/mol. The van der Waals surface area contributed by atoms with Crippen molar-refractivity contribution in [1.82, 2.24) is 5.32 Å². The Bertz CT molecular complexity index is 626. The highest BCUT2D eigenvalue weighted by Crippen LogP contribution is 2.17. The summed E-state index contributed by atoms with van der Waals surface area (Å²) in [6, 6.07) is 9.43. The molecule has 0 aliphatic rings. The van der Waals surface area contributed by atoms with Gasteiger partial charge in [-0.1, -0.05) is 24.3 Å². The van der Waals surface area contributed by atoms with Crippen molar-refractivity contribution in [2.75, 3.05) is 11.9 Å². The third-order valence-corrected chi connectivity index (χ3v) is 2.79. The van der Waals surface area contributed by atoms with Gasteiger partial charge in [-0.2, -0.15) is 0 Å². The Morgan fingerprint density at radius 1 is 0.905 bits per heavy atom. The summed E-state index contributed by atoms with van der Waals surface area (Å²) in [6.45, 7) is -0.0536. The molecule has 2 N–H and O–H groups in total. The second-order valence-corrected chi connectivity index (χ2v) is 4.34. The van der Waals surface area contributed by atoms with Crippen molar-refractivity contribution in [1.29, 1.82) is 0 Å². The Kier molecular flexibility index (Phi) is 4.94. The smallest absolute Gasteiger partial charge is 0.238 e. The summed E-state index contributed by atoms with van der Waals surface area (Å²) in [7, 11) is 0. The largest absolute Gasteiger partial charge is 0.320 e. The molecule has 0 saturated heterocycles. The molecule has 21 heavy (non-hydrogen) atoms. The van der Waals surface area contributed by atoms with Crippen molar-refractivity contribution >= 4 is 11.6 Å². The second-order valence-electron chi connectivity index (χ2n) is 4.34. The van der Waals surface area contributed by atoms with E-state index in [9.17, 15) is 18.0 Å². The van der Waals surface area contributed by atoms with Crippen molar-refractivity contribution in [2.45, 2.75) is 6.54 Å². The molecular formula is C15H13F3N2O. The van der Waals surface area contributed by atoms with E-state index in [1.807, 2.05) is 0 Å². The number of halogens is 3. The first-order valence-electron chi connectivity index (χ1n) is 6.26. The van der Waals surface area contributed by atoms with Gasteiger partial charge < -0.3 is 10.6 Å². The minimum Gasteiger partial charge on any atom is -0.320 e. The lowest BCUT2D eigenvalue weighted by molar-refractivity contribution is -0.115. The number of carbonyl (C=O) groups excluding carboxylic acids is 1. The van der Waals surface area contributed by atoms with Crippen LogP contribution in [-0.4, -0.2) is 12.5 Å². The molecule has 1 amide bonds. The molecule has 3 nitrogen and oxygen atoms in total. The third kappa shape index (κ3) is 4.06. The third-order valence-electron chi connectivity index (χ3n) is 2.79. The number of rotatable bonds is 5. The van der Waals surface area contributed by atoms with Gasteiger partial charge in [-0.15, -0.1) is 0 Å². The molecule has 0 bridgehead atoms. The van der Waals surface area contributed by atoms with Gasteiger partial charge in [-0.05, 0) is 18.2 Å². The first-order chi connectivity index (χ1) is 10.1. The topological polar surface area (TPSA) is 41.1 Å². The molecule has 0 spiro atoms. The van der Waals surface area contributed by atoms with Crippen LogP contribution in [0.4, 0.5) is 18.9 Å². The van der Waals surface area contributed by atoms with Crippen LogP contribution in [0.25, 0.3) is 0 Å². The molecule has 110 valence electrons. The maximum absolute atomic E-state index is 13.3. The summed E-state index contributed by atoms with van der Waals surface area (Å²) >= 11 is 0. The van der Waals surface area contributed by atoms with E-state index in [0.717, 1.165) is 12.1 Å². The maximum atomic E-state index is 13.3. The predicted octanol–water partition coefficient (Wildman–Crippen LogP) is 2.83. The molecule has 0 unspecified atom stereocenters. The van der Waals surface area contributed by atoms with Gasteiger partial charge in [0.05, 0.1) is 6.54 Å². The van der Waals surface area contributed by atoms with Gasteiger partial charge in [0.25, 0.3) is 0 Å². The number of para-hydroxylation sites is 1. The van der Waals surface area contributed by atoms with E-state index in [-0.39, 0.29) is 18.9 Å². The summed E-state index contributed by atoms with van der Waals surface area (Å²) in [5, 5.41) is 4.84. The lowest BCUT2D eigenvalue weighted by Gasteiger charge is -2.09. The standard InChI is InChI=1S/C15H13F3N2O/c16-11-5-2-1-4-10(11)8-19-9-14(21)20-15-12(17)6-3-7-13(15)18/h1-7,19H,8-9H2,(H,20,21). The normalized spacial score (nSPS) is 10.4. The van der Waals surface area contributed by atoms with E-state index in [1.165, 1.54) is 12.1 Å². The Morgan fingerprint density at radius 2 is 1.52 bits per heavy atom.